The van der Waals surface area contributed by atoms with Crippen LogP contribution in [0.25, 0.3) is 11.1 Å². The number of alkyl carbamates (subject to hydrolysis) is 1. The molecule has 0 radical (unpaired) electrons. The van der Waals surface area contributed by atoms with Gasteiger partial charge < -0.3 is 20.1 Å². The highest BCUT2D eigenvalue weighted by molar-refractivity contribution is 5.84. The first kappa shape index (κ1) is 23.5. The summed E-state index contributed by atoms with van der Waals surface area (Å²) in [7, 11) is 0. The topological polar surface area (TPSA) is 95.9 Å². The largest absolute Gasteiger partial charge is 0.480 e. The van der Waals surface area contributed by atoms with Crippen LogP contribution in [0.4, 0.5) is 4.79 Å². The molecule has 178 valence electrons. The van der Waals surface area contributed by atoms with Crippen LogP contribution in [0.15, 0.2) is 61.2 Å². The van der Waals surface area contributed by atoms with Crippen LogP contribution in [0.1, 0.15) is 36.3 Å². The summed E-state index contributed by atoms with van der Waals surface area (Å²) in [4.78, 5) is 37.9. The number of carboxylic acids is 1. The molecule has 0 aliphatic heterocycles. The average Bonchev–Trinajstić information content (AvgIpc) is 3.43. The zero-order chi connectivity index (χ0) is 24.1. The van der Waals surface area contributed by atoms with Crippen molar-refractivity contribution in [1.82, 2.24) is 10.2 Å². The van der Waals surface area contributed by atoms with Gasteiger partial charge in [0, 0.05) is 24.9 Å². The maximum absolute atomic E-state index is 12.9. The molecule has 0 bridgehead atoms. The molecule has 2 aliphatic rings. The van der Waals surface area contributed by atoms with E-state index in [1.807, 2.05) is 24.3 Å². The first-order chi connectivity index (χ1) is 16.5. The van der Waals surface area contributed by atoms with Crippen LogP contribution in [-0.4, -0.2) is 54.2 Å². The minimum Gasteiger partial charge on any atom is -0.480 e. The Hall–Kier alpha value is -3.61. The maximum Gasteiger partial charge on any atom is 0.407 e. The third kappa shape index (κ3) is 4.98. The van der Waals surface area contributed by atoms with E-state index in [1.165, 1.54) is 22.1 Å². The summed E-state index contributed by atoms with van der Waals surface area (Å²) in [5, 5.41) is 11.9. The third-order valence-electron chi connectivity index (χ3n) is 6.82. The van der Waals surface area contributed by atoms with Crippen LogP contribution >= 0.6 is 0 Å². The van der Waals surface area contributed by atoms with Gasteiger partial charge in [-0.1, -0.05) is 61.0 Å². The van der Waals surface area contributed by atoms with Crippen molar-refractivity contribution in [3.63, 3.8) is 0 Å². The van der Waals surface area contributed by atoms with Crippen molar-refractivity contribution in [3.05, 3.63) is 72.3 Å². The van der Waals surface area contributed by atoms with Crippen LogP contribution in [-0.2, 0) is 14.3 Å². The molecule has 34 heavy (non-hydrogen) atoms. The molecule has 2 aliphatic carbocycles. The number of carbonyl (C=O) groups is 3. The molecule has 7 heteroatoms. The molecule has 4 rings (SSSR count). The van der Waals surface area contributed by atoms with E-state index in [0.717, 1.165) is 24.0 Å². The van der Waals surface area contributed by atoms with E-state index in [-0.39, 0.29) is 43.4 Å². The molecule has 7 nitrogen and oxygen atoms in total. The number of hydrogen-bond acceptors (Lipinski definition) is 4. The van der Waals surface area contributed by atoms with E-state index >= 15 is 0 Å². The summed E-state index contributed by atoms with van der Waals surface area (Å²) in [6, 6.07) is 16.3. The zero-order valence-corrected chi connectivity index (χ0v) is 19.1. The van der Waals surface area contributed by atoms with Crippen molar-refractivity contribution in [3.8, 4) is 11.1 Å². The molecule has 0 aromatic heterocycles. The van der Waals surface area contributed by atoms with Crippen molar-refractivity contribution >= 4 is 18.0 Å². The maximum atomic E-state index is 12.9. The molecule has 2 aromatic rings. The first-order valence-corrected chi connectivity index (χ1v) is 11.7. The normalized spacial score (nSPS) is 18.6. The molecule has 2 N–H and O–H groups in total. The number of nitrogens with one attached hydrogen (secondary N) is 1. The fourth-order valence-electron chi connectivity index (χ4n) is 5.26. The molecule has 2 aromatic carbocycles. The molecule has 2 amide bonds. The van der Waals surface area contributed by atoms with Crippen molar-refractivity contribution in [1.29, 1.82) is 0 Å². The van der Waals surface area contributed by atoms with Gasteiger partial charge in [-0.3, -0.25) is 9.59 Å². The van der Waals surface area contributed by atoms with Crippen molar-refractivity contribution < 1.29 is 24.2 Å². The van der Waals surface area contributed by atoms with E-state index in [4.69, 9.17) is 9.84 Å². The minimum absolute atomic E-state index is 0.0116. The molecule has 0 heterocycles. The highest BCUT2D eigenvalue weighted by Crippen LogP contribution is 2.44. The Morgan fingerprint density at radius 1 is 1.06 bits per heavy atom. The smallest absolute Gasteiger partial charge is 0.407 e. The molecule has 1 saturated carbocycles. The lowest BCUT2D eigenvalue weighted by Crippen LogP contribution is -2.43. The summed E-state index contributed by atoms with van der Waals surface area (Å²) in [6.45, 7) is 4.01. The SMILES string of the molecule is C=CCN(CC(=O)O)C(=O)[C@H]1CCC[C@H]1CNC(=O)OCC1c2ccccc2-c2ccccc21. The van der Waals surface area contributed by atoms with E-state index < -0.39 is 12.1 Å². The monoisotopic (exact) mass is 462 g/mol. The van der Waals surface area contributed by atoms with E-state index in [0.29, 0.717) is 13.0 Å². The van der Waals surface area contributed by atoms with Gasteiger partial charge in [0.1, 0.15) is 13.2 Å². The predicted octanol–water partition coefficient (Wildman–Crippen LogP) is 4.04. The minimum atomic E-state index is -1.05. The molecular weight excluding hydrogens is 432 g/mol. The Balaban J connectivity index is 1.33. The van der Waals surface area contributed by atoms with Gasteiger partial charge >= 0.3 is 12.1 Å². The third-order valence-corrected chi connectivity index (χ3v) is 6.82. The van der Waals surface area contributed by atoms with Gasteiger partial charge in [-0.25, -0.2) is 4.79 Å². The first-order valence-electron chi connectivity index (χ1n) is 11.7. The number of benzene rings is 2. The lowest BCUT2D eigenvalue weighted by molar-refractivity contribution is -0.146. The summed E-state index contributed by atoms with van der Waals surface area (Å²) >= 11 is 0. The van der Waals surface area contributed by atoms with Gasteiger partial charge in [0.05, 0.1) is 0 Å². The fraction of sp³-hybridized carbons (Fsp3) is 0.370. The highest BCUT2D eigenvalue weighted by atomic mass is 16.5. The highest BCUT2D eigenvalue weighted by Gasteiger charge is 2.36. The molecule has 0 saturated heterocycles. The van der Waals surface area contributed by atoms with Crippen molar-refractivity contribution in [2.45, 2.75) is 25.2 Å². The summed E-state index contributed by atoms with van der Waals surface area (Å²) in [5.41, 5.74) is 4.65. The van der Waals surface area contributed by atoms with Gasteiger partial charge in [-0.2, -0.15) is 0 Å². The van der Waals surface area contributed by atoms with Crippen LogP contribution in [0, 0.1) is 11.8 Å². The van der Waals surface area contributed by atoms with Crippen LogP contribution in [0.3, 0.4) is 0 Å². The molecule has 1 fully saturated rings. The number of fused-ring (bicyclic) bond motifs is 3. The number of aliphatic carboxylic acids is 1. The predicted molar refractivity (Wildman–Crippen MR) is 128 cm³/mol. The summed E-state index contributed by atoms with van der Waals surface area (Å²) < 4.78 is 5.60. The fourth-order valence-corrected chi connectivity index (χ4v) is 5.26. The van der Waals surface area contributed by atoms with Crippen LogP contribution in [0.5, 0.6) is 0 Å². The second kappa shape index (κ2) is 10.5. The van der Waals surface area contributed by atoms with Gasteiger partial charge in [0.15, 0.2) is 0 Å². The Labute approximate surface area is 199 Å². The zero-order valence-electron chi connectivity index (χ0n) is 19.1. The van der Waals surface area contributed by atoms with Crippen LogP contribution < -0.4 is 5.32 Å². The molecule has 2 atom stereocenters. The number of nitrogens with zero attached hydrogens (tertiary/aromatic N) is 1. The Bertz CT molecular complexity index is 1040. The average molecular weight is 463 g/mol. The standard InChI is InChI=1S/C27H30N2O5/c1-2-14-29(16-25(30)31)26(32)19-13-7-8-18(19)15-28-27(33)34-17-24-22-11-5-3-9-20(22)21-10-4-6-12-23(21)24/h2-6,9-12,18-19,24H,1,7-8,13-17H2,(H,28,33)(H,30,31)/t18-,19-/m0/s1. The lowest BCUT2D eigenvalue weighted by Gasteiger charge is -2.26. The van der Waals surface area contributed by atoms with E-state index in [1.54, 1.807) is 0 Å². The van der Waals surface area contributed by atoms with Gasteiger partial charge in [0.25, 0.3) is 0 Å². The molecular formula is C27H30N2O5. The number of carbonyl (C=O) groups excluding carboxylic acids is 2. The summed E-state index contributed by atoms with van der Waals surface area (Å²) in [6.07, 6.45) is 3.37. The number of ether oxygens (including phenoxy) is 1. The number of amides is 2. The van der Waals surface area contributed by atoms with Crippen molar-refractivity contribution in [2.24, 2.45) is 11.8 Å². The number of carboxylic acid groups (broad SMARTS) is 1. The Morgan fingerprint density at radius 2 is 1.71 bits per heavy atom. The molecule has 0 unspecified atom stereocenters. The van der Waals surface area contributed by atoms with Gasteiger partial charge in [-0.05, 0) is 41.0 Å². The van der Waals surface area contributed by atoms with Gasteiger partial charge in [-0.15, -0.1) is 6.58 Å². The number of hydrogen-bond donors (Lipinski definition) is 2. The second-order valence-electron chi connectivity index (χ2n) is 8.91. The van der Waals surface area contributed by atoms with Crippen LogP contribution in [0.2, 0.25) is 0 Å². The molecule has 0 spiro atoms. The Morgan fingerprint density at radius 3 is 2.32 bits per heavy atom. The summed E-state index contributed by atoms with van der Waals surface area (Å²) in [5.74, 6) is -1.62. The van der Waals surface area contributed by atoms with E-state index in [9.17, 15) is 14.4 Å². The second-order valence-corrected chi connectivity index (χ2v) is 8.91. The van der Waals surface area contributed by atoms with E-state index in [2.05, 4.69) is 36.2 Å². The lowest BCUT2D eigenvalue weighted by atomic mass is 9.94. The van der Waals surface area contributed by atoms with Crippen molar-refractivity contribution in [2.75, 3.05) is 26.2 Å². The number of rotatable bonds is 9. The van der Waals surface area contributed by atoms with Gasteiger partial charge in [0.2, 0.25) is 5.91 Å². The Kier molecular flexibility index (Phi) is 7.30. The quantitative estimate of drug-likeness (QED) is 0.549.